The minimum atomic E-state index is -0.426. The minimum absolute atomic E-state index is 0.0218. The van der Waals surface area contributed by atoms with Crippen LogP contribution < -0.4 is 5.32 Å². The van der Waals surface area contributed by atoms with Crippen LogP contribution in [0.4, 0.5) is 5.69 Å². The van der Waals surface area contributed by atoms with Gasteiger partial charge in [-0.2, -0.15) is 0 Å². The van der Waals surface area contributed by atoms with Crippen LogP contribution in [0.25, 0.3) is 0 Å². The number of benzene rings is 2. The third-order valence-electron chi connectivity index (χ3n) is 4.14. The Hall–Kier alpha value is -2.86. The van der Waals surface area contributed by atoms with Gasteiger partial charge in [0.15, 0.2) is 0 Å². The van der Waals surface area contributed by atoms with Gasteiger partial charge in [0.2, 0.25) is 5.91 Å². The van der Waals surface area contributed by atoms with Gasteiger partial charge in [0.05, 0.1) is 5.92 Å². The first-order valence-corrected chi connectivity index (χ1v) is 8.82. The van der Waals surface area contributed by atoms with Crippen LogP contribution in [0.5, 0.6) is 5.75 Å². The molecule has 0 aromatic heterocycles. The lowest BCUT2D eigenvalue weighted by Gasteiger charge is -2.19. The molecule has 1 unspecified atom stereocenters. The highest BCUT2D eigenvalue weighted by Gasteiger charge is 2.23. The Balaban J connectivity index is 2.11. The molecular formula is C21H26N2O4. The second kappa shape index (κ2) is 9.73. The van der Waals surface area contributed by atoms with E-state index >= 15 is 0 Å². The Morgan fingerprint density at radius 2 is 1.78 bits per heavy atom. The molecule has 0 fully saturated rings. The van der Waals surface area contributed by atoms with Gasteiger partial charge in [-0.05, 0) is 50.8 Å². The van der Waals surface area contributed by atoms with Gasteiger partial charge in [-0.25, -0.2) is 0 Å². The zero-order valence-corrected chi connectivity index (χ0v) is 15.9. The molecule has 2 aromatic rings. The average Bonchev–Trinajstić information content (AvgIpc) is 2.62. The maximum absolute atomic E-state index is 12.7. The fourth-order valence-electron chi connectivity index (χ4n) is 2.69. The smallest absolute Gasteiger partial charge is 0.313 e. The van der Waals surface area contributed by atoms with Crippen molar-refractivity contribution in [1.29, 1.82) is 0 Å². The quantitative estimate of drug-likeness (QED) is 0.698. The van der Waals surface area contributed by atoms with Gasteiger partial charge in [0.25, 0.3) is 0 Å². The normalized spacial score (nSPS) is 11.9. The van der Waals surface area contributed by atoms with E-state index in [4.69, 9.17) is 4.74 Å². The standard InChI is InChI=1S/C21H26N2O4/c1-15(24)22-18-10-8-16(9-11-18)19(12-13-23(2)3)21(26)27-14-17-6-4-5-7-20(17)25/h4-11,19,25H,12-14H2,1-3H3,(H,22,24). The highest BCUT2D eigenvalue weighted by molar-refractivity contribution is 5.88. The molecule has 144 valence electrons. The van der Waals surface area contributed by atoms with E-state index in [2.05, 4.69) is 5.32 Å². The van der Waals surface area contributed by atoms with Gasteiger partial charge in [-0.15, -0.1) is 0 Å². The van der Waals surface area contributed by atoms with Crippen molar-refractivity contribution in [1.82, 2.24) is 4.90 Å². The van der Waals surface area contributed by atoms with Crippen LogP contribution in [0, 0.1) is 0 Å². The largest absolute Gasteiger partial charge is 0.508 e. The number of carbonyl (C=O) groups excluding carboxylic acids is 2. The number of aromatic hydroxyl groups is 1. The van der Waals surface area contributed by atoms with Gasteiger partial charge >= 0.3 is 5.97 Å². The number of hydrogen-bond donors (Lipinski definition) is 2. The number of rotatable bonds is 8. The maximum Gasteiger partial charge on any atom is 0.313 e. The minimum Gasteiger partial charge on any atom is -0.508 e. The van der Waals surface area contributed by atoms with Crippen LogP contribution in [-0.2, 0) is 20.9 Å². The van der Waals surface area contributed by atoms with Crippen LogP contribution in [0.15, 0.2) is 48.5 Å². The summed E-state index contributed by atoms with van der Waals surface area (Å²) >= 11 is 0. The SMILES string of the molecule is CC(=O)Nc1ccc(C(CCN(C)C)C(=O)OCc2ccccc2O)cc1. The summed E-state index contributed by atoms with van der Waals surface area (Å²) in [6.45, 7) is 2.20. The molecule has 0 aliphatic carbocycles. The first-order chi connectivity index (χ1) is 12.9. The number of para-hydroxylation sites is 1. The maximum atomic E-state index is 12.7. The van der Waals surface area contributed by atoms with E-state index in [-0.39, 0.29) is 24.2 Å². The van der Waals surface area contributed by atoms with Crippen LogP contribution in [0.2, 0.25) is 0 Å². The van der Waals surface area contributed by atoms with Crippen molar-refractivity contribution < 1.29 is 19.4 Å². The van der Waals surface area contributed by atoms with E-state index in [0.717, 1.165) is 12.1 Å². The van der Waals surface area contributed by atoms with E-state index in [1.54, 1.807) is 36.4 Å². The number of carbonyl (C=O) groups is 2. The Morgan fingerprint density at radius 1 is 1.11 bits per heavy atom. The predicted octanol–water partition coefficient (Wildman–Crippen LogP) is 3.13. The van der Waals surface area contributed by atoms with Crippen molar-refractivity contribution in [3.63, 3.8) is 0 Å². The van der Waals surface area contributed by atoms with E-state index in [1.807, 2.05) is 31.1 Å². The summed E-state index contributed by atoms with van der Waals surface area (Å²) < 4.78 is 5.47. The average molecular weight is 370 g/mol. The molecule has 0 aliphatic rings. The molecule has 0 spiro atoms. The van der Waals surface area contributed by atoms with Crippen LogP contribution in [0.3, 0.4) is 0 Å². The lowest BCUT2D eigenvalue weighted by molar-refractivity contribution is -0.147. The van der Waals surface area contributed by atoms with Gasteiger partial charge < -0.3 is 20.1 Å². The fourth-order valence-corrected chi connectivity index (χ4v) is 2.69. The predicted molar refractivity (Wildman–Crippen MR) is 105 cm³/mol. The summed E-state index contributed by atoms with van der Waals surface area (Å²) in [5.41, 5.74) is 2.08. The Kier molecular flexibility index (Phi) is 7.37. The van der Waals surface area contributed by atoms with E-state index in [0.29, 0.717) is 17.7 Å². The number of ether oxygens (including phenoxy) is 1. The Bertz CT molecular complexity index is 772. The molecular weight excluding hydrogens is 344 g/mol. The highest BCUT2D eigenvalue weighted by atomic mass is 16.5. The lowest BCUT2D eigenvalue weighted by atomic mass is 9.95. The number of phenolic OH excluding ortho intramolecular Hbond substituents is 1. The molecule has 6 heteroatoms. The Morgan fingerprint density at radius 3 is 2.37 bits per heavy atom. The molecule has 0 saturated heterocycles. The zero-order valence-electron chi connectivity index (χ0n) is 15.9. The van der Waals surface area contributed by atoms with Crippen molar-refractivity contribution in [2.75, 3.05) is 26.0 Å². The Labute approximate surface area is 159 Å². The molecule has 0 saturated carbocycles. The molecule has 0 heterocycles. The topological polar surface area (TPSA) is 78.9 Å². The van der Waals surface area contributed by atoms with Gasteiger partial charge in [0.1, 0.15) is 12.4 Å². The number of esters is 1. The first-order valence-electron chi connectivity index (χ1n) is 8.82. The molecule has 2 aromatic carbocycles. The summed E-state index contributed by atoms with van der Waals surface area (Å²) in [6.07, 6.45) is 0.603. The lowest BCUT2D eigenvalue weighted by Crippen LogP contribution is -2.22. The third-order valence-corrected chi connectivity index (χ3v) is 4.14. The van der Waals surface area contributed by atoms with Crippen molar-refractivity contribution in [2.45, 2.75) is 25.9 Å². The summed E-state index contributed by atoms with van der Waals surface area (Å²) in [4.78, 5) is 25.9. The van der Waals surface area contributed by atoms with E-state index in [9.17, 15) is 14.7 Å². The number of hydrogen-bond acceptors (Lipinski definition) is 5. The molecule has 0 aliphatic heterocycles. The first kappa shape index (κ1) is 20.5. The van der Waals surface area contributed by atoms with Crippen LogP contribution in [-0.4, -0.2) is 42.5 Å². The number of phenols is 1. The van der Waals surface area contributed by atoms with Gasteiger partial charge in [-0.3, -0.25) is 9.59 Å². The van der Waals surface area contributed by atoms with Crippen molar-refractivity contribution in [2.24, 2.45) is 0 Å². The zero-order chi connectivity index (χ0) is 19.8. The second-order valence-corrected chi connectivity index (χ2v) is 6.68. The number of amides is 1. The molecule has 27 heavy (non-hydrogen) atoms. The molecule has 6 nitrogen and oxygen atoms in total. The highest BCUT2D eigenvalue weighted by Crippen LogP contribution is 2.25. The van der Waals surface area contributed by atoms with E-state index in [1.165, 1.54) is 6.92 Å². The van der Waals surface area contributed by atoms with Gasteiger partial charge in [-0.1, -0.05) is 30.3 Å². The van der Waals surface area contributed by atoms with Crippen molar-refractivity contribution in [3.05, 3.63) is 59.7 Å². The van der Waals surface area contributed by atoms with Crippen molar-refractivity contribution in [3.8, 4) is 5.75 Å². The van der Waals surface area contributed by atoms with Crippen LogP contribution in [0.1, 0.15) is 30.4 Å². The number of nitrogens with zero attached hydrogens (tertiary/aromatic N) is 1. The number of nitrogens with one attached hydrogen (secondary N) is 1. The molecule has 1 amide bonds. The third kappa shape index (κ3) is 6.42. The second-order valence-electron chi connectivity index (χ2n) is 6.68. The van der Waals surface area contributed by atoms with Gasteiger partial charge in [0, 0.05) is 18.2 Å². The van der Waals surface area contributed by atoms with E-state index < -0.39 is 5.92 Å². The molecule has 0 bridgehead atoms. The van der Waals surface area contributed by atoms with Crippen molar-refractivity contribution >= 4 is 17.6 Å². The molecule has 0 radical (unpaired) electrons. The number of anilines is 1. The summed E-state index contributed by atoms with van der Waals surface area (Å²) in [7, 11) is 3.90. The molecule has 2 N–H and O–H groups in total. The van der Waals surface area contributed by atoms with Crippen LogP contribution >= 0.6 is 0 Å². The monoisotopic (exact) mass is 370 g/mol. The molecule has 2 rings (SSSR count). The summed E-state index contributed by atoms with van der Waals surface area (Å²) in [5.74, 6) is -0.805. The summed E-state index contributed by atoms with van der Waals surface area (Å²) in [5, 5.41) is 12.5. The molecule has 1 atom stereocenters. The fraction of sp³-hybridized carbons (Fsp3) is 0.333. The summed E-state index contributed by atoms with van der Waals surface area (Å²) in [6, 6.07) is 14.0.